The molecule has 1 aliphatic rings. The number of aromatic nitrogens is 2. The maximum Gasteiger partial charge on any atom is 0.244 e. The molecule has 3 heterocycles. The van der Waals surface area contributed by atoms with Gasteiger partial charge in [-0.1, -0.05) is 17.7 Å². The van der Waals surface area contributed by atoms with Crippen molar-refractivity contribution in [3.8, 4) is 0 Å². The van der Waals surface area contributed by atoms with Gasteiger partial charge in [0.2, 0.25) is 10.0 Å². The maximum absolute atomic E-state index is 13.3. The zero-order chi connectivity index (χ0) is 17.4. The maximum atomic E-state index is 13.3. The Morgan fingerprint density at radius 1 is 1.04 bits per heavy atom. The van der Waals surface area contributed by atoms with Crippen molar-refractivity contribution in [2.24, 2.45) is 0 Å². The van der Waals surface area contributed by atoms with E-state index in [4.69, 9.17) is 11.6 Å². The fourth-order valence-corrected chi connectivity index (χ4v) is 5.15. The predicted octanol–water partition coefficient (Wildman–Crippen LogP) is 3.33. The van der Waals surface area contributed by atoms with Crippen LogP contribution in [0.15, 0.2) is 72.0 Å². The summed E-state index contributed by atoms with van der Waals surface area (Å²) in [6.45, 7) is 1.01. The SMILES string of the molecule is O=S(=O)(c1cccc(Cl)c1)N1CCn2cccc2C1c1ccncc1. The molecule has 0 saturated carbocycles. The molecule has 0 radical (unpaired) electrons. The van der Waals surface area contributed by atoms with Crippen LogP contribution < -0.4 is 0 Å². The molecule has 3 aromatic rings. The van der Waals surface area contributed by atoms with Crippen LogP contribution in [-0.4, -0.2) is 28.8 Å². The number of rotatable bonds is 3. The van der Waals surface area contributed by atoms with Crippen molar-refractivity contribution >= 4 is 21.6 Å². The summed E-state index contributed by atoms with van der Waals surface area (Å²) >= 11 is 6.01. The largest absolute Gasteiger partial charge is 0.348 e. The molecular weight excluding hydrogens is 358 g/mol. The monoisotopic (exact) mass is 373 g/mol. The molecule has 5 nitrogen and oxygen atoms in total. The predicted molar refractivity (Wildman–Crippen MR) is 95.9 cm³/mol. The van der Waals surface area contributed by atoms with E-state index in [1.165, 1.54) is 6.07 Å². The van der Waals surface area contributed by atoms with E-state index in [0.717, 1.165) is 11.3 Å². The number of pyridine rings is 1. The van der Waals surface area contributed by atoms with E-state index in [-0.39, 0.29) is 4.90 Å². The molecule has 1 atom stereocenters. The second-order valence-corrected chi connectivity index (χ2v) is 8.21. The molecule has 7 heteroatoms. The van der Waals surface area contributed by atoms with Crippen LogP contribution in [0.25, 0.3) is 0 Å². The summed E-state index contributed by atoms with van der Waals surface area (Å²) in [5, 5.41) is 0.405. The van der Waals surface area contributed by atoms with Gasteiger partial charge < -0.3 is 4.57 Å². The van der Waals surface area contributed by atoms with Gasteiger partial charge in [-0.2, -0.15) is 4.31 Å². The lowest BCUT2D eigenvalue weighted by molar-refractivity contribution is 0.298. The number of fused-ring (bicyclic) bond motifs is 1. The number of sulfonamides is 1. The lowest BCUT2D eigenvalue weighted by atomic mass is 10.0. The highest BCUT2D eigenvalue weighted by atomic mass is 35.5. The van der Waals surface area contributed by atoms with Crippen LogP contribution in [0.5, 0.6) is 0 Å². The first-order valence-electron chi connectivity index (χ1n) is 7.90. The molecule has 0 spiro atoms. The van der Waals surface area contributed by atoms with Crippen LogP contribution in [0.4, 0.5) is 0 Å². The van der Waals surface area contributed by atoms with Gasteiger partial charge in [0.1, 0.15) is 0 Å². The number of hydrogen-bond donors (Lipinski definition) is 0. The summed E-state index contributed by atoms with van der Waals surface area (Å²) in [5.41, 5.74) is 1.84. The van der Waals surface area contributed by atoms with Crippen molar-refractivity contribution < 1.29 is 8.42 Å². The lowest BCUT2D eigenvalue weighted by Gasteiger charge is -2.36. The molecule has 0 saturated heterocycles. The summed E-state index contributed by atoms with van der Waals surface area (Å²) in [5.74, 6) is 0. The standard InChI is InChI=1S/C18H16ClN3O2S/c19-15-3-1-4-16(13-15)25(23,24)22-12-11-21-10-2-5-17(21)18(22)14-6-8-20-9-7-14/h1-10,13,18H,11-12H2. The van der Waals surface area contributed by atoms with Crippen LogP contribution in [-0.2, 0) is 16.6 Å². The van der Waals surface area contributed by atoms with Crippen molar-refractivity contribution in [3.63, 3.8) is 0 Å². The third-order valence-electron chi connectivity index (χ3n) is 4.42. The number of hydrogen-bond acceptors (Lipinski definition) is 3. The van der Waals surface area contributed by atoms with Crippen LogP contribution in [0, 0.1) is 0 Å². The fourth-order valence-electron chi connectivity index (χ4n) is 3.27. The van der Waals surface area contributed by atoms with Crippen LogP contribution in [0.1, 0.15) is 17.3 Å². The quantitative estimate of drug-likeness (QED) is 0.707. The molecule has 0 amide bonds. The van der Waals surface area contributed by atoms with Gasteiger partial charge in [-0.15, -0.1) is 0 Å². The molecule has 128 valence electrons. The summed E-state index contributed by atoms with van der Waals surface area (Å²) in [6.07, 6.45) is 5.34. The van der Waals surface area contributed by atoms with Gasteiger partial charge in [-0.05, 0) is 48.0 Å². The Labute approximate surface area is 151 Å². The molecule has 1 aliphatic heterocycles. The smallest absolute Gasteiger partial charge is 0.244 e. The number of benzene rings is 1. The lowest BCUT2D eigenvalue weighted by Crippen LogP contribution is -2.42. The van der Waals surface area contributed by atoms with Crippen molar-refractivity contribution in [1.29, 1.82) is 0 Å². The van der Waals surface area contributed by atoms with Gasteiger partial charge in [0.15, 0.2) is 0 Å². The average molecular weight is 374 g/mol. The van der Waals surface area contributed by atoms with Gasteiger partial charge in [-0.3, -0.25) is 4.98 Å². The molecule has 2 aromatic heterocycles. The van der Waals surface area contributed by atoms with Crippen molar-refractivity contribution in [2.45, 2.75) is 17.5 Å². The first-order valence-corrected chi connectivity index (χ1v) is 9.71. The molecule has 1 aromatic carbocycles. The minimum Gasteiger partial charge on any atom is -0.348 e. The molecule has 25 heavy (non-hydrogen) atoms. The van der Waals surface area contributed by atoms with Crippen LogP contribution >= 0.6 is 11.6 Å². The Morgan fingerprint density at radius 2 is 1.84 bits per heavy atom. The van der Waals surface area contributed by atoms with E-state index < -0.39 is 16.1 Å². The fraction of sp³-hybridized carbons (Fsp3) is 0.167. The second kappa shape index (κ2) is 6.29. The normalized spacial score (nSPS) is 18.0. The first-order chi connectivity index (χ1) is 12.1. The van der Waals surface area contributed by atoms with Crippen LogP contribution in [0.3, 0.4) is 0 Å². The summed E-state index contributed by atoms with van der Waals surface area (Å²) in [4.78, 5) is 4.26. The molecule has 0 fully saturated rings. The van der Waals surface area contributed by atoms with Crippen molar-refractivity contribution in [1.82, 2.24) is 13.9 Å². The zero-order valence-corrected chi connectivity index (χ0v) is 14.9. The molecule has 0 bridgehead atoms. The Balaban J connectivity index is 1.86. The van der Waals surface area contributed by atoms with E-state index >= 15 is 0 Å². The number of halogens is 1. The van der Waals surface area contributed by atoms with Crippen molar-refractivity contribution in [2.75, 3.05) is 6.54 Å². The Morgan fingerprint density at radius 3 is 2.60 bits per heavy atom. The van der Waals surface area contributed by atoms with Gasteiger partial charge in [0.25, 0.3) is 0 Å². The molecule has 0 aliphatic carbocycles. The van der Waals surface area contributed by atoms with E-state index in [1.807, 2.05) is 30.5 Å². The average Bonchev–Trinajstić information content (AvgIpc) is 3.10. The van der Waals surface area contributed by atoms with E-state index in [0.29, 0.717) is 18.1 Å². The third kappa shape index (κ3) is 2.86. The van der Waals surface area contributed by atoms with Crippen molar-refractivity contribution in [3.05, 3.63) is 83.4 Å². The Hall–Kier alpha value is -2.15. The van der Waals surface area contributed by atoms with Crippen LogP contribution in [0.2, 0.25) is 5.02 Å². The third-order valence-corrected chi connectivity index (χ3v) is 6.51. The minimum absolute atomic E-state index is 0.207. The van der Waals surface area contributed by atoms with Gasteiger partial charge in [0.05, 0.1) is 10.9 Å². The van der Waals surface area contributed by atoms with Gasteiger partial charge in [-0.25, -0.2) is 8.42 Å². The van der Waals surface area contributed by atoms with Gasteiger partial charge >= 0.3 is 0 Å². The van der Waals surface area contributed by atoms with E-state index in [1.54, 1.807) is 34.9 Å². The molecular formula is C18H16ClN3O2S. The molecule has 0 N–H and O–H groups in total. The second-order valence-electron chi connectivity index (χ2n) is 5.88. The highest BCUT2D eigenvalue weighted by molar-refractivity contribution is 7.89. The van der Waals surface area contributed by atoms with E-state index in [2.05, 4.69) is 9.55 Å². The topological polar surface area (TPSA) is 55.2 Å². The zero-order valence-electron chi connectivity index (χ0n) is 13.3. The first kappa shape index (κ1) is 16.3. The summed E-state index contributed by atoms with van der Waals surface area (Å²) in [7, 11) is -3.69. The highest BCUT2D eigenvalue weighted by Crippen LogP contribution is 2.36. The highest BCUT2D eigenvalue weighted by Gasteiger charge is 2.37. The summed E-state index contributed by atoms with van der Waals surface area (Å²) < 4.78 is 30.2. The Bertz CT molecular complexity index is 1000. The minimum atomic E-state index is -3.69. The van der Waals surface area contributed by atoms with Gasteiger partial charge in [0, 0.05) is 42.4 Å². The number of nitrogens with zero attached hydrogens (tertiary/aromatic N) is 3. The Kier molecular flexibility index (Phi) is 4.11. The summed E-state index contributed by atoms with van der Waals surface area (Å²) in [6, 6.07) is 13.6. The molecule has 1 unspecified atom stereocenters. The van der Waals surface area contributed by atoms with E-state index in [9.17, 15) is 8.42 Å². The molecule has 4 rings (SSSR count).